The van der Waals surface area contributed by atoms with Crippen molar-refractivity contribution in [3.05, 3.63) is 30.1 Å². The zero-order chi connectivity index (χ0) is 9.26. The second-order valence-electron chi connectivity index (χ2n) is 3.07. The minimum Gasteiger partial charge on any atom is -0.364 e. The summed E-state index contributed by atoms with van der Waals surface area (Å²) in [6, 6.07) is 6.15. The molecule has 3 nitrogen and oxygen atoms in total. The zero-order valence-electron chi connectivity index (χ0n) is 7.82. The molecule has 3 heteroatoms. The third kappa shape index (κ3) is 1.31. The van der Waals surface area contributed by atoms with Crippen molar-refractivity contribution >= 4 is 11.0 Å². The molecule has 2 aromatic rings. The van der Waals surface area contributed by atoms with E-state index in [2.05, 4.69) is 18.0 Å². The van der Waals surface area contributed by atoms with Gasteiger partial charge in [-0.2, -0.15) is 0 Å². The van der Waals surface area contributed by atoms with E-state index in [0.717, 1.165) is 11.0 Å². The summed E-state index contributed by atoms with van der Waals surface area (Å²) in [5.74, 6) is 0. The summed E-state index contributed by atoms with van der Waals surface area (Å²) in [7, 11) is 1.68. The molecule has 0 bridgehead atoms. The normalized spacial score (nSPS) is 10.9. The van der Waals surface area contributed by atoms with E-state index in [1.54, 1.807) is 13.4 Å². The Balaban J connectivity index is 2.61. The van der Waals surface area contributed by atoms with Crippen molar-refractivity contribution < 1.29 is 4.74 Å². The first-order valence-electron chi connectivity index (χ1n) is 4.22. The summed E-state index contributed by atoms with van der Waals surface area (Å²) in [5, 5.41) is 0. The zero-order valence-corrected chi connectivity index (χ0v) is 7.82. The minimum atomic E-state index is 0.556. The average Bonchev–Trinajstić information content (AvgIpc) is 2.51. The Hall–Kier alpha value is -1.35. The number of para-hydroxylation sites is 1. The molecule has 0 atom stereocenters. The molecular formula is C10H12N2O. The number of fused-ring (bicyclic) bond motifs is 1. The fourth-order valence-corrected chi connectivity index (χ4v) is 1.47. The molecule has 0 aliphatic rings. The summed E-state index contributed by atoms with van der Waals surface area (Å²) >= 11 is 0. The van der Waals surface area contributed by atoms with Gasteiger partial charge in [-0.1, -0.05) is 12.1 Å². The highest BCUT2D eigenvalue weighted by atomic mass is 16.5. The Morgan fingerprint density at radius 3 is 3.08 bits per heavy atom. The van der Waals surface area contributed by atoms with Crippen LogP contribution in [-0.4, -0.2) is 16.7 Å². The summed E-state index contributed by atoms with van der Waals surface area (Å²) in [6.45, 7) is 2.62. The Labute approximate surface area is 77.0 Å². The Morgan fingerprint density at radius 1 is 1.46 bits per heavy atom. The van der Waals surface area contributed by atoms with Gasteiger partial charge in [-0.15, -0.1) is 0 Å². The number of ether oxygens (including phenoxy) is 1. The van der Waals surface area contributed by atoms with Crippen LogP contribution in [0, 0.1) is 6.92 Å². The van der Waals surface area contributed by atoms with Crippen molar-refractivity contribution in [3.8, 4) is 0 Å². The fourth-order valence-electron chi connectivity index (χ4n) is 1.47. The van der Waals surface area contributed by atoms with Gasteiger partial charge in [0.2, 0.25) is 0 Å². The highest BCUT2D eigenvalue weighted by molar-refractivity contribution is 5.78. The maximum absolute atomic E-state index is 5.06. The summed E-state index contributed by atoms with van der Waals surface area (Å²) < 4.78 is 7.05. The van der Waals surface area contributed by atoms with E-state index in [4.69, 9.17) is 4.74 Å². The number of imidazole rings is 1. The van der Waals surface area contributed by atoms with Crippen LogP contribution in [0.25, 0.3) is 11.0 Å². The van der Waals surface area contributed by atoms with Crippen LogP contribution < -0.4 is 0 Å². The summed E-state index contributed by atoms with van der Waals surface area (Å²) in [6.07, 6.45) is 1.81. The van der Waals surface area contributed by atoms with E-state index in [0.29, 0.717) is 6.73 Å². The van der Waals surface area contributed by atoms with Crippen molar-refractivity contribution in [3.63, 3.8) is 0 Å². The quantitative estimate of drug-likeness (QED) is 0.699. The molecule has 0 aliphatic carbocycles. The predicted molar refractivity (Wildman–Crippen MR) is 51.5 cm³/mol. The number of aromatic nitrogens is 2. The molecular weight excluding hydrogens is 164 g/mol. The lowest BCUT2D eigenvalue weighted by Gasteiger charge is -2.01. The van der Waals surface area contributed by atoms with Crippen molar-refractivity contribution in [2.24, 2.45) is 0 Å². The Kier molecular flexibility index (Phi) is 2.02. The molecule has 0 radical (unpaired) electrons. The van der Waals surface area contributed by atoms with Gasteiger partial charge < -0.3 is 9.30 Å². The second kappa shape index (κ2) is 3.18. The van der Waals surface area contributed by atoms with Crippen molar-refractivity contribution in [2.45, 2.75) is 13.7 Å². The predicted octanol–water partition coefficient (Wildman–Crippen LogP) is 1.95. The van der Waals surface area contributed by atoms with Gasteiger partial charge in [0.15, 0.2) is 0 Å². The van der Waals surface area contributed by atoms with Crippen LogP contribution in [0.3, 0.4) is 0 Å². The van der Waals surface area contributed by atoms with Crippen LogP contribution in [0.4, 0.5) is 0 Å². The monoisotopic (exact) mass is 176 g/mol. The first-order chi connectivity index (χ1) is 6.33. The lowest BCUT2D eigenvalue weighted by Crippen LogP contribution is -1.97. The molecule has 0 amide bonds. The number of rotatable bonds is 2. The van der Waals surface area contributed by atoms with Crippen molar-refractivity contribution in [1.29, 1.82) is 0 Å². The molecule has 0 unspecified atom stereocenters. The smallest absolute Gasteiger partial charge is 0.123 e. The van der Waals surface area contributed by atoms with Crippen LogP contribution >= 0.6 is 0 Å². The van der Waals surface area contributed by atoms with E-state index in [-0.39, 0.29) is 0 Å². The largest absolute Gasteiger partial charge is 0.364 e. The maximum Gasteiger partial charge on any atom is 0.123 e. The minimum absolute atomic E-state index is 0.556. The Bertz CT molecular complexity index is 420. The third-order valence-electron chi connectivity index (χ3n) is 2.12. The molecule has 0 fully saturated rings. The molecule has 1 aromatic carbocycles. The molecule has 0 spiro atoms. The lowest BCUT2D eigenvalue weighted by atomic mass is 10.2. The molecule has 1 aromatic heterocycles. The SMILES string of the molecule is COCn1cnc2c(C)cccc21. The van der Waals surface area contributed by atoms with E-state index in [9.17, 15) is 0 Å². The van der Waals surface area contributed by atoms with E-state index in [1.807, 2.05) is 16.7 Å². The summed E-state index contributed by atoms with van der Waals surface area (Å²) in [4.78, 5) is 4.32. The van der Waals surface area contributed by atoms with E-state index < -0.39 is 0 Å². The van der Waals surface area contributed by atoms with Gasteiger partial charge in [-0.05, 0) is 18.6 Å². The van der Waals surface area contributed by atoms with Gasteiger partial charge in [0.25, 0.3) is 0 Å². The van der Waals surface area contributed by atoms with Crippen LogP contribution in [0.2, 0.25) is 0 Å². The molecule has 0 N–H and O–H groups in total. The van der Waals surface area contributed by atoms with Crippen LogP contribution in [-0.2, 0) is 11.5 Å². The van der Waals surface area contributed by atoms with Gasteiger partial charge in [-0.25, -0.2) is 4.98 Å². The van der Waals surface area contributed by atoms with Gasteiger partial charge >= 0.3 is 0 Å². The van der Waals surface area contributed by atoms with E-state index in [1.165, 1.54) is 5.56 Å². The van der Waals surface area contributed by atoms with Gasteiger partial charge in [0.05, 0.1) is 17.4 Å². The molecule has 0 saturated carbocycles. The van der Waals surface area contributed by atoms with Crippen LogP contribution in [0.1, 0.15) is 5.56 Å². The average molecular weight is 176 g/mol. The number of methoxy groups -OCH3 is 1. The molecule has 1 heterocycles. The highest BCUT2D eigenvalue weighted by Crippen LogP contribution is 2.16. The number of nitrogens with zero attached hydrogens (tertiary/aromatic N) is 2. The maximum atomic E-state index is 5.06. The molecule has 68 valence electrons. The van der Waals surface area contributed by atoms with Crippen LogP contribution in [0.15, 0.2) is 24.5 Å². The third-order valence-corrected chi connectivity index (χ3v) is 2.12. The number of hydrogen-bond donors (Lipinski definition) is 0. The number of aryl methyl sites for hydroxylation is 1. The molecule has 0 saturated heterocycles. The second-order valence-corrected chi connectivity index (χ2v) is 3.07. The molecule has 0 aliphatic heterocycles. The standard InChI is InChI=1S/C10H12N2O/c1-8-4-3-5-9-10(8)11-6-12(9)7-13-2/h3-6H,7H2,1-2H3. The molecule has 13 heavy (non-hydrogen) atoms. The van der Waals surface area contributed by atoms with Gasteiger partial charge in [0.1, 0.15) is 6.73 Å². The van der Waals surface area contributed by atoms with Crippen LogP contribution in [0.5, 0.6) is 0 Å². The first-order valence-corrected chi connectivity index (χ1v) is 4.22. The van der Waals surface area contributed by atoms with Gasteiger partial charge in [0, 0.05) is 7.11 Å². The fraction of sp³-hybridized carbons (Fsp3) is 0.300. The summed E-state index contributed by atoms with van der Waals surface area (Å²) in [5.41, 5.74) is 3.38. The highest BCUT2D eigenvalue weighted by Gasteiger charge is 2.02. The number of hydrogen-bond acceptors (Lipinski definition) is 2. The lowest BCUT2D eigenvalue weighted by molar-refractivity contribution is 0.134. The van der Waals surface area contributed by atoms with E-state index >= 15 is 0 Å². The Morgan fingerprint density at radius 2 is 2.31 bits per heavy atom. The topological polar surface area (TPSA) is 27.1 Å². The molecule has 2 rings (SSSR count). The number of benzene rings is 1. The van der Waals surface area contributed by atoms with Crippen molar-refractivity contribution in [2.75, 3.05) is 7.11 Å². The van der Waals surface area contributed by atoms with Gasteiger partial charge in [-0.3, -0.25) is 0 Å². The van der Waals surface area contributed by atoms with Crippen molar-refractivity contribution in [1.82, 2.24) is 9.55 Å². The first kappa shape index (κ1) is 8.26.